The van der Waals surface area contributed by atoms with Crippen molar-refractivity contribution in [3.05, 3.63) is 48.5 Å². The van der Waals surface area contributed by atoms with Crippen molar-refractivity contribution in [3.8, 4) is 5.75 Å². The molecule has 0 amide bonds. The molecule has 1 aromatic heterocycles. The molecule has 17 heavy (non-hydrogen) atoms. The highest BCUT2D eigenvalue weighted by molar-refractivity contribution is 5.18. The lowest BCUT2D eigenvalue weighted by Crippen LogP contribution is -1.59. The molecule has 0 radical (unpaired) electrons. The van der Waals surface area contributed by atoms with Gasteiger partial charge in [0, 0.05) is 11.9 Å². The molecular weight excluding hydrogens is 212 g/mol. The number of aryl methyl sites for hydroxylation is 1. The lowest BCUT2D eigenvalue weighted by atomic mass is 10.3. The first-order chi connectivity index (χ1) is 8.29. The number of benzene rings is 1. The van der Waals surface area contributed by atoms with E-state index in [2.05, 4.69) is 9.97 Å². The zero-order valence-corrected chi connectivity index (χ0v) is 11.4. The number of phenols is 1. The van der Waals surface area contributed by atoms with E-state index in [4.69, 9.17) is 5.11 Å². The molecule has 1 heterocycles. The Bertz CT molecular complexity index is 317. The lowest BCUT2D eigenvalue weighted by molar-refractivity contribution is 0.475. The minimum atomic E-state index is 0.322. The largest absolute Gasteiger partial charge is 0.508 e. The first-order valence-corrected chi connectivity index (χ1v) is 5.98. The summed E-state index contributed by atoms with van der Waals surface area (Å²) in [5, 5.41) is 8.63. The van der Waals surface area contributed by atoms with Gasteiger partial charge in [-0.05, 0) is 19.1 Å². The smallest absolute Gasteiger partial charge is 0.115 e. The molecule has 96 valence electrons. The number of rotatable bonds is 0. The van der Waals surface area contributed by atoms with Gasteiger partial charge in [-0.2, -0.15) is 0 Å². The molecule has 0 saturated carbocycles. The maximum Gasteiger partial charge on any atom is 0.115 e. The van der Waals surface area contributed by atoms with Crippen molar-refractivity contribution in [1.29, 1.82) is 0 Å². The Balaban J connectivity index is 0. The molecule has 2 aromatic rings. The highest BCUT2D eigenvalue weighted by Crippen LogP contribution is 2.02. The number of aromatic hydroxyl groups is 1. The molecule has 0 spiro atoms. The molecule has 0 aliphatic carbocycles. The Morgan fingerprint density at radius 1 is 1.00 bits per heavy atom. The number of phenolic OH excluding ortho intramolecular Hbond substituents is 1. The van der Waals surface area contributed by atoms with E-state index in [1.807, 2.05) is 40.7 Å². The normalized spacial score (nSPS) is 7.35. The third-order valence-electron chi connectivity index (χ3n) is 1.39. The van der Waals surface area contributed by atoms with E-state index in [-0.39, 0.29) is 0 Å². The van der Waals surface area contributed by atoms with Crippen LogP contribution in [0.2, 0.25) is 0 Å². The molecule has 0 aliphatic rings. The second-order valence-electron chi connectivity index (χ2n) is 2.57. The first-order valence-electron chi connectivity index (χ1n) is 5.98. The third kappa shape index (κ3) is 12.2. The van der Waals surface area contributed by atoms with Crippen LogP contribution in [-0.4, -0.2) is 15.1 Å². The minimum absolute atomic E-state index is 0.322. The van der Waals surface area contributed by atoms with Crippen LogP contribution in [0.1, 0.15) is 33.4 Å². The number of hydrogen-bond donors (Lipinski definition) is 2. The van der Waals surface area contributed by atoms with Gasteiger partial charge in [0.15, 0.2) is 0 Å². The summed E-state index contributed by atoms with van der Waals surface area (Å²) in [5.41, 5.74) is 1.11. The van der Waals surface area contributed by atoms with Crippen LogP contribution < -0.4 is 0 Å². The van der Waals surface area contributed by atoms with Gasteiger partial charge in [0.1, 0.15) is 5.75 Å². The summed E-state index contributed by atoms with van der Waals surface area (Å²) in [5.74, 6) is 0.322. The molecule has 0 aliphatic heterocycles. The van der Waals surface area contributed by atoms with Gasteiger partial charge in [0.05, 0.1) is 6.33 Å². The van der Waals surface area contributed by atoms with Crippen LogP contribution >= 0.6 is 0 Å². The number of H-pyrrole nitrogens is 1. The van der Waals surface area contributed by atoms with Gasteiger partial charge in [-0.1, -0.05) is 45.9 Å². The van der Waals surface area contributed by atoms with Gasteiger partial charge in [-0.25, -0.2) is 4.98 Å². The molecule has 0 unspecified atom stereocenters. The molecule has 0 bridgehead atoms. The fraction of sp³-hybridized carbons (Fsp3) is 0.357. The highest BCUT2D eigenvalue weighted by Gasteiger charge is 1.75. The van der Waals surface area contributed by atoms with Crippen molar-refractivity contribution in [3.63, 3.8) is 0 Å². The number of para-hydroxylation sites is 1. The monoisotopic (exact) mass is 236 g/mol. The van der Waals surface area contributed by atoms with Crippen LogP contribution in [0.3, 0.4) is 0 Å². The van der Waals surface area contributed by atoms with Crippen LogP contribution in [0.4, 0.5) is 0 Å². The zero-order chi connectivity index (χ0) is 13.5. The summed E-state index contributed by atoms with van der Waals surface area (Å²) >= 11 is 0. The summed E-state index contributed by atoms with van der Waals surface area (Å²) < 4.78 is 0. The van der Waals surface area contributed by atoms with Crippen LogP contribution in [0.25, 0.3) is 0 Å². The average Bonchev–Trinajstić information content (AvgIpc) is 2.87. The van der Waals surface area contributed by atoms with Gasteiger partial charge >= 0.3 is 0 Å². The van der Waals surface area contributed by atoms with Crippen LogP contribution in [0.5, 0.6) is 5.75 Å². The number of nitrogens with one attached hydrogen (secondary N) is 1. The third-order valence-corrected chi connectivity index (χ3v) is 1.39. The molecule has 2 rings (SSSR count). The molecule has 0 atom stereocenters. The van der Waals surface area contributed by atoms with E-state index in [9.17, 15) is 0 Å². The second kappa shape index (κ2) is 14.2. The minimum Gasteiger partial charge on any atom is -0.508 e. The van der Waals surface area contributed by atoms with E-state index in [1.54, 1.807) is 36.8 Å². The Hall–Kier alpha value is -1.77. The fourth-order valence-corrected chi connectivity index (χ4v) is 0.753. The van der Waals surface area contributed by atoms with E-state index in [0.29, 0.717) is 5.75 Å². The zero-order valence-electron chi connectivity index (χ0n) is 11.4. The average molecular weight is 236 g/mol. The summed E-state index contributed by atoms with van der Waals surface area (Å²) in [6.45, 7) is 9.97. The molecule has 2 N–H and O–H groups in total. The Morgan fingerprint density at radius 3 is 1.71 bits per heavy atom. The summed E-state index contributed by atoms with van der Waals surface area (Å²) in [7, 11) is 0. The van der Waals surface area contributed by atoms with E-state index >= 15 is 0 Å². The van der Waals surface area contributed by atoms with Crippen molar-refractivity contribution < 1.29 is 5.11 Å². The number of imidazole rings is 1. The van der Waals surface area contributed by atoms with E-state index < -0.39 is 0 Å². The van der Waals surface area contributed by atoms with Crippen LogP contribution in [0, 0.1) is 6.92 Å². The van der Waals surface area contributed by atoms with E-state index in [0.717, 1.165) is 5.69 Å². The van der Waals surface area contributed by atoms with Gasteiger partial charge in [0.25, 0.3) is 0 Å². The Kier molecular flexibility index (Phi) is 14.7. The van der Waals surface area contributed by atoms with Crippen molar-refractivity contribution in [2.45, 2.75) is 34.6 Å². The Morgan fingerprint density at radius 2 is 1.53 bits per heavy atom. The summed E-state index contributed by atoms with van der Waals surface area (Å²) in [6, 6.07) is 8.71. The van der Waals surface area contributed by atoms with Gasteiger partial charge in [-0.3, -0.25) is 0 Å². The first kappa shape index (κ1) is 17.6. The number of aromatic nitrogens is 2. The van der Waals surface area contributed by atoms with Gasteiger partial charge in [0.2, 0.25) is 0 Å². The summed E-state index contributed by atoms with van der Waals surface area (Å²) in [4.78, 5) is 6.66. The number of nitrogens with zero attached hydrogens (tertiary/aromatic N) is 1. The fourth-order valence-electron chi connectivity index (χ4n) is 0.753. The number of hydrogen-bond acceptors (Lipinski definition) is 2. The molecule has 3 heteroatoms. The molecule has 3 nitrogen and oxygen atoms in total. The summed E-state index contributed by atoms with van der Waals surface area (Å²) in [6.07, 6.45) is 3.44. The topological polar surface area (TPSA) is 48.9 Å². The predicted molar refractivity (Wildman–Crippen MR) is 74.1 cm³/mol. The van der Waals surface area contributed by atoms with Crippen molar-refractivity contribution >= 4 is 0 Å². The predicted octanol–water partition coefficient (Wildman–Crippen LogP) is 4.16. The Labute approximate surface area is 105 Å². The van der Waals surface area contributed by atoms with Crippen molar-refractivity contribution in [2.75, 3.05) is 0 Å². The maximum atomic E-state index is 8.63. The lowest BCUT2D eigenvalue weighted by Gasteiger charge is -1.82. The standard InChI is InChI=1S/C6H6O.C4H6N2.2C2H6/c7-6-4-2-1-3-5-6;1-4-2-5-3-6-4;2*1-2/h1-5,7H;2-3H,1H3,(H,5,6);2*1-2H3. The SMILES string of the molecule is CC.CC.Cc1cnc[nH]1.Oc1ccccc1. The molecular formula is C14H24N2O. The van der Waals surface area contributed by atoms with Crippen molar-refractivity contribution in [1.82, 2.24) is 9.97 Å². The molecule has 0 saturated heterocycles. The van der Waals surface area contributed by atoms with Gasteiger partial charge in [-0.15, -0.1) is 0 Å². The van der Waals surface area contributed by atoms with Crippen LogP contribution in [0.15, 0.2) is 42.9 Å². The van der Waals surface area contributed by atoms with Crippen molar-refractivity contribution in [2.24, 2.45) is 0 Å². The quantitative estimate of drug-likeness (QED) is 0.721. The van der Waals surface area contributed by atoms with Crippen LogP contribution in [-0.2, 0) is 0 Å². The van der Waals surface area contributed by atoms with Gasteiger partial charge < -0.3 is 10.1 Å². The second-order valence-corrected chi connectivity index (χ2v) is 2.57. The highest BCUT2D eigenvalue weighted by atomic mass is 16.3. The van der Waals surface area contributed by atoms with E-state index in [1.165, 1.54) is 0 Å². The maximum absolute atomic E-state index is 8.63. The number of aromatic amines is 1. The molecule has 1 aromatic carbocycles. The molecule has 0 fully saturated rings.